The van der Waals surface area contributed by atoms with Crippen molar-refractivity contribution < 1.29 is 9.47 Å². The van der Waals surface area contributed by atoms with Gasteiger partial charge in [-0.1, -0.05) is 18.2 Å². The van der Waals surface area contributed by atoms with E-state index in [1.165, 1.54) is 0 Å². The average molecular weight is 402 g/mol. The van der Waals surface area contributed by atoms with Gasteiger partial charge in [0.1, 0.15) is 23.0 Å². The summed E-state index contributed by atoms with van der Waals surface area (Å²) in [5.74, 6) is 2.67. The zero-order valence-corrected chi connectivity index (χ0v) is 16.7. The first-order chi connectivity index (χ1) is 14.6. The van der Waals surface area contributed by atoms with E-state index in [2.05, 4.69) is 20.3 Å². The van der Waals surface area contributed by atoms with Gasteiger partial charge in [-0.3, -0.25) is 5.41 Å². The number of hydrogen-bond donors (Lipinski definition) is 3. The lowest BCUT2D eigenvalue weighted by Crippen LogP contribution is -2.23. The number of fused-ring (bicyclic) bond motifs is 1. The lowest BCUT2D eigenvalue weighted by Gasteiger charge is -2.14. The van der Waals surface area contributed by atoms with Crippen LogP contribution in [0.2, 0.25) is 0 Å². The summed E-state index contributed by atoms with van der Waals surface area (Å²) in [6, 6.07) is 19.3. The number of nitrogens with zero attached hydrogens (tertiary/aromatic N) is 3. The molecule has 8 heteroatoms. The summed E-state index contributed by atoms with van der Waals surface area (Å²) in [5.41, 5.74) is 1.57. The van der Waals surface area contributed by atoms with Gasteiger partial charge in [0.25, 0.3) is 6.02 Å². The second kappa shape index (κ2) is 8.52. The van der Waals surface area contributed by atoms with E-state index in [4.69, 9.17) is 14.9 Å². The first kappa shape index (κ1) is 19.3. The molecule has 4 aromatic rings. The summed E-state index contributed by atoms with van der Waals surface area (Å²) < 4.78 is 11.3. The molecule has 0 aliphatic heterocycles. The molecule has 0 bridgehead atoms. The van der Waals surface area contributed by atoms with Gasteiger partial charge in [0.2, 0.25) is 0 Å². The highest BCUT2D eigenvalue weighted by molar-refractivity contribution is 5.89. The van der Waals surface area contributed by atoms with E-state index in [0.29, 0.717) is 17.3 Å². The van der Waals surface area contributed by atoms with E-state index in [9.17, 15) is 0 Å². The van der Waals surface area contributed by atoms with Crippen molar-refractivity contribution in [3.8, 4) is 11.5 Å². The van der Waals surface area contributed by atoms with Crippen molar-refractivity contribution in [2.24, 2.45) is 0 Å². The second-order valence-electron chi connectivity index (χ2n) is 6.78. The van der Waals surface area contributed by atoms with Gasteiger partial charge in [-0.05, 0) is 42.5 Å². The molecule has 0 unspecified atom stereocenters. The fourth-order valence-electron chi connectivity index (χ4n) is 2.78. The predicted octanol–water partition coefficient (Wildman–Crippen LogP) is 4.51. The first-order valence-electron chi connectivity index (χ1n) is 9.41. The Bertz CT molecular complexity index is 1140. The molecule has 0 aliphatic rings. The number of ether oxygens (including phenoxy) is 2. The predicted molar refractivity (Wildman–Crippen MR) is 116 cm³/mol. The molecule has 0 atom stereocenters. The Hall–Kier alpha value is -4.07. The van der Waals surface area contributed by atoms with Crippen molar-refractivity contribution in [1.82, 2.24) is 19.9 Å². The average Bonchev–Trinajstić information content (AvgIpc) is 3.23. The minimum absolute atomic E-state index is 0.0497. The Morgan fingerprint density at radius 2 is 1.73 bits per heavy atom. The van der Waals surface area contributed by atoms with Gasteiger partial charge < -0.3 is 24.7 Å². The molecule has 0 spiro atoms. The van der Waals surface area contributed by atoms with Crippen molar-refractivity contribution in [2.45, 2.75) is 6.61 Å². The normalized spacial score (nSPS) is 10.6. The summed E-state index contributed by atoms with van der Waals surface area (Å²) in [4.78, 5) is 13.7. The number of amidine groups is 1. The van der Waals surface area contributed by atoms with Crippen LogP contribution in [0.1, 0.15) is 5.82 Å². The molecule has 152 valence electrons. The molecule has 4 rings (SSSR count). The van der Waals surface area contributed by atoms with Crippen molar-refractivity contribution in [2.75, 3.05) is 19.4 Å². The summed E-state index contributed by atoms with van der Waals surface area (Å²) >= 11 is 0. The Balaban J connectivity index is 1.51. The Kier molecular flexibility index (Phi) is 5.47. The molecule has 0 saturated carbocycles. The van der Waals surface area contributed by atoms with Crippen LogP contribution in [0.5, 0.6) is 11.5 Å². The van der Waals surface area contributed by atoms with Gasteiger partial charge in [0.15, 0.2) is 12.4 Å². The smallest absolute Gasteiger partial charge is 0.284 e. The van der Waals surface area contributed by atoms with Crippen LogP contribution < -0.4 is 10.1 Å². The van der Waals surface area contributed by atoms with E-state index in [-0.39, 0.29) is 12.6 Å². The highest BCUT2D eigenvalue weighted by Crippen LogP contribution is 2.26. The largest absolute Gasteiger partial charge is 0.457 e. The summed E-state index contributed by atoms with van der Waals surface area (Å²) in [6.07, 6.45) is 1.81. The van der Waals surface area contributed by atoms with Crippen molar-refractivity contribution in [1.29, 1.82) is 5.41 Å². The summed E-state index contributed by atoms with van der Waals surface area (Å²) in [6.45, 7) is 0.102. The van der Waals surface area contributed by atoms with Gasteiger partial charge in [-0.25, -0.2) is 9.97 Å². The number of H-pyrrole nitrogens is 1. The highest BCUT2D eigenvalue weighted by Gasteiger charge is 2.11. The number of para-hydroxylation sites is 1. The van der Waals surface area contributed by atoms with Crippen LogP contribution in [0, 0.1) is 5.41 Å². The van der Waals surface area contributed by atoms with Crippen LogP contribution in [0.25, 0.3) is 11.0 Å². The maximum absolute atomic E-state index is 7.77. The lowest BCUT2D eigenvalue weighted by atomic mass is 10.3. The van der Waals surface area contributed by atoms with Gasteiger partial charge >= 0.3 is 0 Å². The third-order valence-corrected chi connectivity index (χ3v) is 4.30. The molecule has 2 aromatic heterocycles. The van der Waals surface area contributed by atoms with Crippen molar-refractivity contribution in [3.63, 3.8) is 0 Å². The number of hydrogen-bond acceptors (Lipinski definition) is 6. The molecule has 30 heavy (non-hydrogen) atoms. The first-order valence-corrected chi connectivity index (χ1v) is 9.41. The number of anilines is 2. The molecule has 0 saturated heterocycles. The molecule has 0 aliphatic carbocycles. The lowest BCUT2D eigenvalue weighted by molar-refractivity contribution is 0.235. The van der Waals surface area contributed by atoms with Crippen LogP contribution in [0.3, 0.4) is 0 Å². The quantitative estimate of drug-likeness (QED) is 0.324. The minimum Gasteiger partial charge on any atom is -0.457 e. The third-order valence-electron chi connectivity index (χ3n) is 4.30. The molecule has 0 amide bonds. The van der Waals surface area contributed by atoms with Crippen molar-refractivity contribution >= 4 is 28.6 Å². The minimum atomic E-state index is 0.0497. The van der Waals surface area contributed by atoms with Crippen LogP contribution >= 0.6 is 0 Å². The number of aromatic nitrogens is 3. The zero-order chi connectivity index (χ0) is 20.9. The molecular formula is C22H22N6O2. The van der Waals surface area contributed by atoms with E-state index in [1.54, 1.807) is 19.0 Å². The molecule has 3 N–H and O–H groups in total. The molecule has 0 radical (unpaired) electrons. The van der Waals surface area contributed by atoms with Gasteiger partial charge in [0.05, 0.1) is 5.39 Å². The van der Waals surface area contributed by atoms with E-state index >= 15 is 0 Å². The number of nitrogens with one attached hydrogen (secondary N) is 3. The fourth-order valence-corrected chi connectivity index (χ4v) is 2.78. The number of benzene rings is 2. The maximum atomic E-state index is 7.77. The van der Waals surface area contributed by atoms with Gasteiger partial charge in [0, 0.05) is 26.0 Å². The molecule has 2 heterocycles. The molecular weight excluding hydrogens is 380 g/mol. The highest BCUT2D eigenvalue weighted by atomic mass is 16.5. The van der Waals surface area contributed by atoms with Crippen LogP contribution in [-0.2, 0) is 11.3 Å². The second-order valence-corrected chi connectivity index (χ2v) is 6.78. The van der Waals surface area contributed by atoms with Gasteiger partial charge in [-0.15, -0.1) is 0 Å². The summed E-state index contributed by atoms with van der Waals surface area (Å²) in [7, 11) is 3.49. The molecule has 2 aromatic carbocycles. The summed E-state index contributed by atoms with van der Waals surface area (Å²) in [5, 5.41) is 12.0. The van der Waals surface area contributed by atoms with E-state index in [1.807, 2.05) is 66.9 Å². The topological polar surface area (TPSA) is 99.2 Å². The zero-order valence-electron chi connectivity index (χ0n) is 16.7. The Morgan fingerprint density at radius 3 is 2.47 bits per heavy atom. The Labute approximate surface area is 174 Å². The third kappa shape index (κ3) is 4.49. The molecule has 0 fully saturated rings. The number of rotatable bonds is 6. The van der Waals surface area contributed by atoms with Gasteiger partial charge in [-0.2, -0.15) is 0 Å². The van der Waals surface area contributed by atoms with E-state index in [0.717, 1.165) is 22.6 Å². The molecule has 8 nitrogen and oxygen atoms in total. The van der Waals surface area contributed by atoms with Crippen LogP contribution in [0.15, 0.2) is 66.9 Å². The fraction of sp³-hybridized carbons (Fsp3) is 0.136. The van der Waals surface area contributed by atoms with Crippen LogP contribution in [-0.4, -0.2) is 40.0 Å². The number of aromatic amines is 1. The Morgan fingerprint density at radius 1 is 1.00 bits per heavy atom. The SMILES string of the molecule is CN(C)C(=N)OCc1nc(Nc2ccc(Oc3ccccc3)cc2)c2cc[nH]c2n1. The maximum Gasteiger partial charge on any atom is 0.284 e. The van der Waals surface area contributed by atoms with Crippen molar-refractivity contribution in [3.05, 3.63) is 72.7 Å². The van der Waals surface area contributed by atoms with Crippen LogP contribution in [0.4, 0.5) is 11.5 Å². The standard InChI is InChI=1S/C22H22N6O2/c1-28(2)22(23)29-14-19-26-20-18(12-13-24-20)21(27-19)25-15-8-10-17(11-9-15)30-16-6-4-3-5-7-16/h3-13,23H,14H2,1-2H3,(H2,24,25,26,27). The monoisotopic (exact) mass is 402 g/mol. The van der Waals surface area contributed by atoms with E-state index < -0.39 is 0 Å².